The van der Waals surface area contributed by atoms with Crippen LogP contribution in [0.3, 0.4) is 0 Å². The molecule has 1 unspecified atom stereocenters. The summed E-state index contributed by atoms with van der Waals surface area (Å²) in [6.45, 7) is 1.62. The lowest BCUT2D eigenvalue weighted by molar-refractivity contribution is -0.135. The number of benzene rings is 1. The van der Waals surface area contributed by atoms with Crippen LogP contribution in [-0.4, -0.2) is 43.7 Å². The number of likely N-dealkylation sites (tertiary alicyclic amines) is 1. The Labute approximate surface area is 125 Å². The Balaban J connectivity index is 1.83. The molecule has 0 spiro atoms. The molecule has 1 fully saturated rings. The number of hydrogen-bond acceptors (Lipinski definition) is 3. The Morgan fingerprint density at radius 3 is 2.71 bits per heavy atom. The lowest BCUT2D eigenvalue weighted by Crippen LogP contribution is -2.49. The van der Waals surface area contributed by atoms with Gasteiger partial charge in [0.25, 0.3) is 0 Å². The minimum atomic E-state index is -0.585. The SMILES string of the molecule is COCC(N)C(=O)N1CCC(Cc2ccccc2F)CC1. The fraction of sp³-hybridized carbons (Fsp3) is 0.562. The van der Waals surface area contributed by atoms with Gasteiger partial charge in [-0.25, -0.2) is 4.39 Å². The van der Waals surface area contributed by atoms with E-state index in [9.17, 15) is 9.18 Å². The van der Waals surface area contributed by atoms with Gasteiger partial charge >= 0.3 is 0 Å². The molecule has 2 rings (SSSR count). The van der Waals surface area contributed by atoms with Gasteiger partial charge in [0.05, 0.1) is 6.61 Å². The first-order chi connectivity index (χ1) is 10.1. The standard InChI is InChI=1S/C16H23FN2O2/c1-21-11-15(18)16(20)19-8-6-12(7-9-19)10-13-4-2-3-5-14(13)17/h2-5,12,15H,6-11,18H2,1H3. The number of hydrogen-bond donors (Lipinski definition) is 1. The summed E-state index contributed by atoms with van der Waals surface area (Å²) in [5.74, 6) is 0.226. The Bertz CT molecular complexity index is 473. The molecule has 1 aromatic rings. The second-order valence-electron chi connectivity index (χ2n) is 5.63. The fourth-order valence-corrected chi connectivity index (χ4v) is 2.82. The van der Waals surface area contributed by atoms with Gasteiger partial charge < -0.3 is 15.4 Å². The van der Waals surface area contributed by atoms with Crippen molar-refractivity contribution < 1.29 is 13.9 Å². The maximum Gasteiger partial charge on any atom is 0.241 e. The average molecular weight is 294 g/mol. The second kappa shape index (κ2) is 7.52. The Kier molecular flexibility index (Phi) is 5.70. The number of carbonyl (C=O) groups is 1. The van der Waals surface area contributed by atoms with Crippen molar-refractivity contribution in [2.45, 2.75) is 25.3 Å². The molecule has 5 heteroatoms. The summed E-state index contributed by atoms with van der Waals surface area (Å²) in [4.78, 5) is 13.9. The molecule has 1 atom stereocenters. The average Bonchev–Trinajstić information content (AvgIpc) is 2.50. The maximum atomic E-state index is 13.6. The first-order valence-electron chi connectivity index (χ1n) is 7.38. The van der Waals surface area contributed by atoms with E-state index in [4.69, 9.17) is 10.5 Å². The monoisotopic (exact) mass is 294 g/mol. The van der Waals surface area contributed by atoms with Crippen LogP contribution < -0.4 is 5.73 Å². The predicted molar refractivity (Wildman–Crippen MR) is 79.3 cm³/mol. The van der Waals surface area contributed by atoms with E-state index in [1.807, 2.05) is 12.1 Å². The van der Waals surface area contributed by atoms with E-state index < -0.39 is 6.04 Å². The van der Waals surface area contributed by atoms with Crippen LogP contribution in [-0.2, 0) is 16.0 Å². The van der Waals surface area contributed by atoms with E-state index >= 15 is 0 Å². The van der Waals surface area contributed by atoms with Gasteiger partial charge in [-0.1, -0.05) is 18.2 Å². The highest BCUT2D eigenvalue weighted by Crippen LogP contribution is 2.23. The van der Waals surface area contributed by atoms with Gasteiger partial charge in [0, 0.05) is 20.2 Å². The van der Waals surface area contributed by atoms with Crippen molar-refractivity contribution in [1.29, 1.82) is 0 Å². The number of carbonyl (C=O) groups excluding carboxylic acids is 1. The summed E-state index contributed by atoms with van der Waals surface area (Å²) in [5.41, 5.74) is 6.53. The van der Waals surface area contributed by atoms with Crippen LogP contribution in [0.2, 0.25) is 0 Å². The lowest BCUT2D eigenvalue weighted by atomic mass is 9.90. The fourth-order valence-electron chi connectivity index (χ4n) is 2.82. The summed E-state index contributed by atoms with van der Waals surface area (Å²) >= 11 is 0. The van der Waals surface area contributed by atoms with Gasteiger partial charge in [0.1, 0.15) is 11.9 Å². The molecule has 4 nitrogen and oxygen atoms in total. The van der Waals surface area contributed by atoms with Crippen LogP contribution >= 0.6 is 0 Å². The minimum Gasteiger partial charge on any atom is -0.383 e. The van der Waals surface area contributed by atoms with Gasteiger partial charge in [0.15, 0.2) is 0 Å². The Morgan fingerprint density at radius 2 is 2.10 bits per heavy atom. The first kappa shape index (κ1) is 15.9. The number of nitrogens with two attached hydrogens (primary N) is 1. The molecule has 1 heterocycles. The third kappa shape index (κ3) is 4.25. The van der Waals surface area contributed by atoms with E-state index in [1.54, 1.807) is 11.0 Å². The highest BCUT2D eigenvalue weighted by atomic mass is 19.1. The molecule has 0 saturated carbocycles. The maximum absolute atomic E-state index is 13.6. The smallest absolute Gasteiger partial charge is 0.241 e. The third-order valence-corrected chi connectivity index (χ3v) is 4.06. The molecular weight excluding hydrogens is 271 g/mol. The number of piperidine rings is 1. The molecule has 1 aliphatic rings. The van der Waals surface area contributed by atoms with E-state index in [0.717, 1.165) is 24.8 Å². The zero-order valence-corrected chi connectivity index (χ0v) is 12.4. The quantitative estimate of drug-likeness (QED) is 0.897. The normalized spacial score (nSPS) is 17.8. The highest BCUT2D eigenvalue weighted by molar-refractivity contribution is 5.81. The molecule has 1 amide bonds. The van der Waals surface area contributed by atoms with Crippen molar-refractivity contribution in [1.82, 2.24) is 4.90 Å². The molecule has 1 aliphatic heterocycles. The van der Waals surface area contributed by atoms with Crippen molar-refractivity contribution in [2.24, 2.45) is 11.7 Å². The number of ether oxygens (including phenoxy) is 1. The number of methoxy groups -OCH3 is 1. The molecule has 2 N–H and O–H groups in total. The van der Waals surface area contributed by atoms with E-state index in [-0.39, 0.29) is 18.3 Å². The van der Waals surface area contributed by atoms with Crippen LogP contribution in [0.4, 0.5) is 4.39 Å². The topological polar surface area (TPSA) is 55.6 Å². The van der Waals surface area contributed by atoms with Crippen molar-refractivity contribution in [2.75, 3.05) is 26.8 Å². The molecule has 0 aliphatic carbocycles. The second-order valence-corrected chi connectivity index (χ2v) is 5.63. The number of rotatable bonds is 5. The summed E-state index contributed by atoms with van der Waals surface area (Å²) in [6.07, 6.45) is 2.51. The van der Waals surface area contributed by atoms with E-state index in [0.29, 0.717) is 19.0 Å². The van der Waals surface area contributed by atoms with Crippen LogP contribution in [0, 0.1) is 11.7 Å². The molecule has 1 saturated heterocycles. The molecule has 0 radical (unpaired) electrons. The molecule has 21 heavy (non-hydrogen) atoms. The predicted octanol–water partition coefficient (Wildman–Crippen LogP) is 1.58. The Morgan fingerprint density at radius 1 is 1.43 bits per heavy atom. The van der Waals surface area contributed by atoms with E-state index in [2.05, 4.69) is 0 Å². The lowest BCUT2D eigenvalue weighted by Gasteiger charge is -2.33. The summed E-state index contributed by atoms with van der Waals surface area (Å²) in [5, 5.41) is 0. The largest absolute Gasteiger partial charge is 0.383 e. The molecule has 1 aromatic carbocycles. The molecule has 0 bridgehead atoms. The summed E-state index contributed by atoms with van der Waals surface area (Å²) in [7, 11) is 1.54. The zero-order chi connectivity index (χ0) is 15.2. The van der Waals surface area contributed by atoms with Gasteiger partial charge in [0.2, 0.25) is 5.91 Å². The summed E-state index contributed by atoms with van der Waals surface area (Å²) < 4.78 is 18.6. The van der Waals surface area contributed by atoms with Crippen LogP contribution in [0.5, 0.6) is 0 Å². The van der Waals surface area contributed by atoms with Crippen molar-refractivity contribution in [3.05, 3.63) is 35.6 Å². The number of amides is 1. The molecule has 0 aromatic heterocycles. The van der Waals surface area contributed by atoms with Gasteiger partial charge in [-0.15, -0.1) is 0 Å². The van der Waals surface area contributed by atoms with Crippen LogP contribution in [0.1, 0.15) is 18.4 Å². The van der Waals surface area contributed by atoms with Gasteiger partial charge in [-0.05, 0) is 36.8 Å². The van der Waals surface area contributed by atoms with Gasteiger partial charge in [-0.3, -0.25) is 4.79 Å². The van der Waals surface area contributed by atoms with Crippen molar-refractivity contribution in [3.63, 3.8) is 0 Å². The highest BCUT2D eigenvalue weighted by Gasteiger charge is 2.26. The Hall–Kier alpha value is -1.46. The minimum absolute atomic E-state index is 0.0545. The van der Waals surface area contributed by atoms with Crippen molar-refractivity contribution >= 4 is 5.91 Å². The molecule has 116 valence electrons. The van der Waals surface area contributed by atoms with E-state index in [1.165, 1.54) is 13.2 Å². The zero-order valence-electron chi connectivity index (χ0n) is 12.4. The van der Waals surface area contributed by atoms with Crippen molar-refractivity contribution in [3.8, 4) is 0 Å². The van der Waals surface area contributed by atoms with Crippen LogP contribution in [0.25, 0.3) is 0 Å². The summed E-state index contributed by atoms with van der Waals surface area (Å²) in [6, 6.07) is 6.31. The number of halogens is 1. The number of nitrogens with zero attached hydrogens (tertiary/aromatic N) is 1. The molecular formula is C16H23FN2O2. The first-order valence-corrected chi connectivity index (χ1v) is 7.38. The third-order valence-electron chi connectivity index (χ3n) is 4.06. The van der Waals surface area contributed by atoms with Crippen LogP contribution in [0.15, 0.2) is 24.3 Å². The van der Waals surface area contributed by atoms with Gasteiger partial charge in [-0.2, -0.15) is 0 Å².